The molecule has 1 aliphatic heterocycles. The molecule has 1 aromatic rings. The molecular weight excluding hydrogens is 242 g/mol. The first kappa shape index (κ1) is 13.7. The summed E-state index contributed by atoms with van der Waals surface area (Å²) < 4.78 is 0. The maximum absolute atomic E-state index is 11.5. The molecule has 0 bridgehead atoms. The second kappa shape index (κ2) is 6.47. The van der Waals surface area contributed by atoms with Crippen LogP contribution in [0.15, 0.2) is 12.4 Å². The summed E-state index contributed by atoms with van der Waals surface area (Å²) in [4.78, 5) is 22.1. The van der Waals surface area contributed by atoms with E-state index >= 15 is 0 Å². The first-order valence-electron chi connectivity index (χ1n) is 6.80. The number of primary amides is 1. The van der Waals surface area contributed by atoms with Gasteiger partial charge in [0.05, 0.1) is 0 Å². The second-order valence-electron chi connectivity index (χ2n) is 4.78. The minimum absolute atomic E-state index is 0.270. The average molecular weight is 263 g/mol. The molecule has 0 aromatic carbocycles. The van der Waals surface area contributed by atoms with Gasteiger partial charge in [-0.2, -0.15) is 0 Å². The molecule has 0 aliphatic carbocycles. The number of hydrogen-bond acceptors (Lipinski definition) is 5. The Balaban J connectivity index is 2.09. The number of carbonyl (C=O) groups is 1. The topological polar surface area (TPSA) is 84.1 Å². The molecule has 1 aromatic heterocycles. The number of rotatable bonds is 5. The minimum atomic E-state index is -0.292. The van der Waals surface area contributed by atoms with Crippen LogP contribution in [-0.2, 0) is 11.3 Å². The van der Waals surface area contributed by atoms with E-state index in [2.05, 4.69) is 22.2 Å². The van der Waals surface area contributed by atoms with E-state index in [0.717, 1.165) is 44.5 Å². The summed E-state index contributed by atoms with van der Waals surface area (Å²) in [6.07, 6.45) is 6.47. The smallest absolute Gasteiger partial charge is 0.240 e. The Morgan fingerprint density at radius 2 is 2.21 bits per heavy atom. The molecule has 1 amide bonds. The molecular formula is C13H21N5O. The highest BCUT2D eigenvalue weighted by Crippen LogP contribution is 2.21. The highest BCUT2D eigenvalue weighted by Gasteiger charge is 2.28. The van der Waals surface area contributed by atoms with Crippen molar-refractivity contribution in [3.63, 3.8) is 0 Å². The number of nitrogens with two attached hydrogens (primary N) is 1. The SMILES string of the molecule is CCNCc1cnc(N2CCCCC2C(N)=O)nc1. The lowest BCUT2D eigenvalue weighted by atomic mass is 10.0. The molecule has 2 heterocycles. The molecule has 1 aliphatic rings. The van der Waals surface area contributed by atoms with Gasteiger partial charge in [0, 0.05) is 31.0 Å². The van der Waals surface area contributed by atoms with E-state index in [1.165, 1.54) is 0 Å². The maximum atomic E-state index is 11.5. The van der Waals surface area contributed by atoms with Crippen molar-refractivity contribution in [1.82, 2.24) is 15.3 Å². The summed E-state index contributed by atoms with van der Waals surface area (Å²) in [7, 11) is 0. The van der Waals surface area contributed by atoms with Crippen LogP contribution >= 0.6 is 0 Å². The van der Waals surface area contributed by atoms with Crippen molar-refractivity contribution in [2.75, 3.05) is 18.0 Å². The van der Waals surface area contributed by atoms with E-state index in [4.69, 9.17) is 5.73 Å². The molecule has 0 radical (unpaired) electrons. The Hall–Kier alpha value is -1.69. The van der Waals surface area contributed by atoms with Gasteiger partial charge in [-0.3, -0.25) is 4.79 Å². The third kappa shape index (κ3) is 3.41. The average Bonchev–Trinajstić information content (AvgIpc) is 2.45. The number of nitrogens with one attached hydrogen (secondary N) is 1. The Kier molecular flexibility index (Phi) is 4.68. The Labute approximate surface area is 113 Å². The van der Waals surface area contributed by atoms with Gasteiger partial charge in [0.2, 0.25) is 11.9 Å². The van der Waals surface area contributed by atoms with E-state index in [9.17, 15) is 4.79 Å². The third-order valence-electron chi connectivity index (χ3n) is 3.36. The molecule has 0 spiro atoms. The van der Waals surface area contributed by atoms with Crippen LogP contribution in [0.2, 0.25) is 0 Å². The summed E-state index contributed by atoms with van der Waals surface area (Å²) >= 11 is 0. The van der Waals surface area contributed by atoms with Gasteiger partial charge in [0.15, 0.2) is 0 Å². The van der Waals surface area contributed by atoms with E-state index in [-0.39, 0.29) is 11.9 Å². The Morgan fingerprint density at radius 1 is 1.47 bits per heavy atom. The standard InChI is InChI=1S/C13H21N5O/c1-2-15-7-10-8-16-13(17-9-10)18-6-4-3-5-11(18)12(14)19/h8-9,11,15H,2-7H2,1H3,(H2,14,19). The summed E-state index contributed by atoms with van der Waals surface area (Å²) in [5, 5.41) is 3.22. The van der Waals surface area contributed by atoms with Crippen LogP contribution in [0.5, 0.6) is 0 Å². The molecule has 104 valence electrons. The number of amides is 1. The van der Waals surface area contributed by atoms with Gasteiger partial charge in [0.1, 0.15) is 6.04 Å². The molecule has 0 saturated carbocycles. The molecule has 1 fully saturated rings. The summed E-state index contributed by atoms with van der Waals surface area (Å²) in [5.74, 6) is 0.309. The van der Waals surface area contributed by atoms with E-state index < -0.39 is 0 Å². The van der Waals surface area contributed by atoms with Crippen LogP contribution in [0.1, 0.15) is 31.7 Å². The molecule has 3 N–H and O–H groups in total. The van der Waals surface area contributed by atoms with Crippen LogP contribution < -0.4 is 16.0 Å². The molecule has 1 unspecified atom stereocenters. The Morgan fingerprint density at radius 3 is 2.84 bits per heavy atom. The van der Waals surface area contributed by atoms with Crippen LogP contribution in [0, 0.1) is 0 Å². The van der Waals surface area contributed by atoms with Crippen LogP contribution in [0.4, 0.5) is 5.95 Å². The summed E-state index contributed by atoms with van der Waals surface area (Å²) in [5.41, 5.74) is 6.48. The summed E-state index contributed by atoms with van der Waals surface area (Å²) in [6.45, 7) is 4.52. The zero-order valence-electron chi connectivity index (χ0n) is 11.3. The van der Waals surface area contributed by atoms with Crippen molar-refractivity contribution < 1.29 is 4.79 Å². The van der Waals surface area contributed by atoms with E-state index in [1.54, 1.807) is 12.4 Å². The molecule has 6 nitrogen and oxygen atoms in total. The number of hydrogen-bond donors (Lipinski definition) is 2. The van der Waals surface area contributed by atoms with Crippen molar-refractivity contribution in [3.05, 3.63) is 18.0 Å². The molecule has 2 rings (SSSR count). The van der Waals surface area contributed by atoms with Gasteiger partial charge < -0.3 is 16.0 Å². The first-order chi connectivity index (χ1) is 9.22. The molecule has 6 heteroatoms. The van der Waals surface area contributed by atoms with Crippen molar-refractivity contribution in [2.24, 2.45) is 5.73 Å². The van der Waals surface area contributed by atoms with E-state index in [1.807, 2.05) is 4.90 Å². The fourth-order valence-electron chi connectivity index (χ4n) is 2.32. The van der Waals surface area contributed by atoms with Crippen molar-refractivity contribution >= 4 is 11.9 Å². The fourth-order valence-corrected chi connectivity index (χ4v) is 2.32. The number of piperidine rings is 1. The molecule has 1 saturated heterocycles. The number of anilines is 1. The quantitative estimate of drug-likeness (QED) is 0.805. The zero-order valence-corrected chi connectivity index (χ0v) is 11.3. The minimum Gasteiger partial charge on any atom is -0.368 e. The first-order valence-corrected chi connectivity index (χ1v) is 6.80. The lowest BCUT2D eigenvalue weighted by molar-refractivity contribution is -0.119. The fraction of sp³-hybridized carbons (Fsp3) is 0.615. The highest BCUT2D eigenvalue weighted by molar-refractivity contribution is 5.83. The van der Waals surface area contributed by atoms with Gasteiger partial charge in [-0.1, -0.05) is 6.92 Å². The number of carbonyl (C=O) groups excluding carboxylic acids is 1. The van der Waals surface area contributed by atoms with Crippen molar-refractivity contribution in [2.45, 2.75) is 38.8 Å². The molecule has 1 atom stereocenters. The largest absolute Gasteiger partial charge is 0.368 e. The van der Waals surface area contributed by atoms with Crippen molar-refractivity contribution in [1.29, 1.82) is 0 Å². The van der Waals surface area contributed by atoms with Crippen molar-refractivity contribution in [3.8, 4) is 0 Å². The predicted octanol–water partition coefficient (Wildman–Crippen LogP) is 0.430. The normalized spacial score (nSPS) is 19.4. The molecule has 19 heavy (non-hydrogen) atoms. The van der Waals surface area contributed by atoms with Gasteiger partial charge in [-0.25, -0.2) is 9.97 Å². The lowest BCUT2D eigenvalue weighted by Crippen LogP contribution is -2.48. The van der Waals surface area contributed by atoms with Gasteiger partial charge >= 0.3 is 0 Å². The summed E-state index contributed by atoms with van der Waals surface area (Å²) in [6, 6.07) is -0.270. The number of aromatic nitrogens is 2. The highest BCUT2D eigenvalue weighted by atomic mass is 16.1. The maximum Gasteiger partial charge on any atom is 0.240 e. The van der Waals surface area contributed by atoms with Gasteiger partial charge in [-0.05, 0) is 25.8 Å². The Bertz CT molecular complexity index is 420. The zero-order chi connectivity index (χ0) is 13.7. The third-order valence-corrected chi connectivity index (χ3v) is 3.36. The lowest BCUT2D eigenvalue weighted by Gasteiger charge is -2.33. The van der Waals surface area contributed by atoms with Crippen LogP contribution in [0.3, 0.4) is 0 Å². The van der Waals surface area contributed by atoms with E-state index in [0.29, 0.717) is 5.95 Å². The monoisotopic (exact) mass is 263 g/mol. The van der Waals surface area contributed by atoms with Crippen LogP contribution in [-0.4, -0.2) is 35.0 Å². The van der Waals surface area contributed by atoms with Crippen LogP contribution in [0.25, 0.3) is 0 Å². The number of nitrogens with zero attached hydrogens (tertiary/aromatic N) is 3. The van der Waals surface area contributed by atoms with Gasteiger partial charge in [0.25, 0.3) is 0 Å². The van der Waals surface area contributed by atoms with Gasteiger partial charge in [-0.15, -0.1) is 0 Å². The predicted molar refractivity (Wildman–Crippen MR) is 73.6 cm³/mol. The second-order valence-corrected chi connectivity index (χ2v) is 4.78.